The number of carbonyl (C=O) groups excluding carboxylic acids is 1. The summed E-state index contributed by atoms with van der Waals surface area (Å²) in [5.74, 6) is -0.0330. The Hall–Kier alpha value is -3.27. The Morgan fingerprint density at radius 3 is 2.57 bits per heavy atom. The van der Waals surface area contributed by atoms with Gasteiger partial charge in [-0.1, -0.05) is 42.5 Å². The van der Waals surface area contributed by atoms with Gasteiger partial charge in [-0.05, 0) is 83.5 Å². The molecule has 3 aromatic carbocycles. The van der Waals surface area contributed by atoms with Gasteiger partial charge < -0.3 is 9.57 Å². The molecule has 0 saturated carbocycles. The average molecular weight is 402 g/mol. The van der Waals surface area contributed by atoms with E-state index >= 15 is 0 Å². The summed E-state index contributed by atoms with van der Waals surface area (Å²) in [5, 5.41) is 5.32. The summed E-state index contributed by atoms with van der Waals surface area (Å²) in [5.41, 5.74) is 6.56. The minimum atomic E-state index is -0.0436. The van der Waals surface area contributed by atoms with Crippen LogP contribution in [0.2, 0.25) is 0 Å². The quantitative estimate of drug-likeness (QED) is 0.454. The first-order chi connectivity index (χ1) is 14.7. The van der Waals surface area contributed by atoms with Crippen LogP contribution in [0.25, 0.3) is 21.5 Å². The number of hydroxylamine groups is 1. The number of ether oxygens (including phenoxy) is 1. The monoisotopic (exact) mass is 401 g/mol. The number of hydrogen-bond donors (Lipinski definition) is 1. The lowest BCUT2D eigenvalue weighted by molar-refractivity contribution is -0.148. The van der Waals surface area contributed by atoms with Crippen molar-refractivity contribution in [3.8, 4) is 0 Å². The van der Waals surface area contributed by atoms with Gasteiger partial charge in [-0.2, -0.15) is 0 Å². The first kappa shape index (κ1) is 20.0. The van der Waals surface area contributed by atoms with Crippen LogP contribution >= 0.6 is 0 Å². The number of carbonyl (C=O) groups is 1. The fraction of sp³-hybridized carbons (Fsp3) is 0.269. The second kappa shape index (κ2) is 9.04. The van der Waals surface area contributed by atoms with Gasteiger partial charge in [0.25, 0.3) is 0 Å². The lowest BCUT2D eigenvalue weighted by atomic mass is 9.80. The van der Waals surface area contributed by atoms with E-state index in [1.165, 1.54) is 38.2 Å². The minimum absolute atomic E-state index is 0.0106. The molecule has 0 amide bonds. The molecule has 1 aliphatic carbocycles. The van der Waals surface area contributed by atoms with Gasteiger partial charge in [0.15, 0.2) is 0 Å². The van der Waals surface area contributed by atoms with Crippen LogP contribution in [-0.4, -0.2) is 12.6 Å². The smallest absolute Gasteiger partial charge is 0.309 e. The summed E-state index contributed by atoms with van der Waals surface area (Å²) in [7, 11) is 0. The van der Waals surface area contributed by atoms with Gasteiger partial charge in [0.1, 0.15) is 6.26 Å². The molecular formula is C26H27NO3. The highest BCUT2D eigenvalue weighted by atomic mass is 16.6. The summed E-state index contributed by atoms with van der Waals surface area (Å²) in [6.45, 7) is 4.52. The summed E-state index contributed by atoms with van der Waals surface area (Å²) in [6, 6.07) is 15.4. The summed E-state index contributed by atoms with van der Waals surface area (Å²) in [4.78, 5) is 16.6. The maximum atomic E-state index is 12.1. The Bertz CT molecular complexity index is 1120. The van der Waals surface area contributed by atoms with Gasteiger partial charge >= 0.3 is 5.97 Å². The standard InChI is InChI=1S/C22H22O2.C4H5NO/c1-3-24-22(23)16-9-10-18-15(13-16)8-11-20-19-7-5-4-6-17(19)14(2)12-21(18)20;1-2-4-6-5-3-1/h4-8,11-12,16H,3,9-10,13H2,1-2H3;1-5H. The van der Waals surface area contributed by atoms with Crippen LogP contribution in [0, 0.1) is 12.8 Å². The minimum Gasteiger partial charge on any atom is -0.466 e. The van der Waals surface area contributed by atoms with Crippen LogP contribution in [0.15, 0.2) is 67.1 Å². The highest BCUT2D eigenvalue weighted by molar-refractivity contribution is 6.10. The number of benzene rings is 3. The lowest BCUT2D eigenvalue weighted by Gasteiger charge is -2.25. The fourth-order valence-corrected chi connectivity index (χ4v) is 4.36. The third-order valence-electron chi connectivity index (χ3n) is 5.78. The highest BCUT2D eigenvalue weighted by Gasteiger charge is 2.27. The molecule has 4 heteroatoms. The molecule has 1 aliphatic heterocycles. The Balaban J connectivity index is 0.000000313. The molecule has 0 spiro atoms. The van der Waals surface area contributed by atoms with Crippen LogP contribution in [0.4, 0.5) is 0 Å². The second-order valence-electron chi connectivity index (χ2n) is 7.65. The van der Waals surface area contributed by atoms with Crippen molar-refractivity contribution in [2.45, 2.75) is 33.1 Å². The first-order valence-corrected chi connectivity index (χ1v) is 10.5. The van der Waals surface area contributed by atoms with E-state index in [0.717, 1.165) is 19.3 Å². The molecule has 1 unspecified atom stereocenters. The summed E-state index contributed by atoms with van der Waals surface area (Å²) in [6.07, 6.45) is 9.57. The largest absolute Gasteiger partial charge is 0.466 e. The zero-order valence-corrected chi connectivity index (χ0v) is 17.5. The molecule has 0 bridgehead atoms. The molecule has 0 saturated heterocycles. The van der Waals surface area contributed by atoms with Gasteiger partial charge in [-0.3, -0.25) is 4.79 Å². The van der Waals surface area contributed by atoms with Crippen LogP contribution in [-0.2, 0) is 27.2 Å². The lowest BCUT2D eigenvalue weighted by Crippen LogP contribution is -2.24. The molecule has 154 valence electrons. The maximum Gasteiger partial charge on any atom is 0.309 e. The second-order valence-corrected chi connectivity index (χ2v) is 7.65. The Kier molecular flexibility index (Phi) is 6.03. The van der Waals surface area contributed by atoms with E-state index in [-0.39, 0.29) is 11.9 Å². The van der Waals surface area contributed by atoms with E-state index < -0.39 is 0 Å². The molecule has 0 radical (unpaired) electrons. The predicted octanol–water partition coefficient (Wildman–Crippen LogP) is 5.52. The van der Waals surface area contributed by atoms with Gasteiger partial charge in [0, 0.05) is 6.20 Å². The molecule has 0 fully saturated rings. The fourth-order valence-electron chi connectivity index (χ4n) is 4.36. The van der Waals surface area contributed by atoms with E-state index in [2.05, 4.69) is 59.7 Å². The van der Waals surface area contributed by atoms with E-state index in [1.54, 1.807) is 18.5 Å². The molecule has 2 aliphatic rings. The number of nitrogens with one attached hydrogen (secondary N) is 1. The molecular weight excluding hydrogens is 374 g/mol. The number of aryl methyl sites for hydroxylation is 2. The zero-order chi connectivity index (χ0) is 20.9. The summed E-state index contributed by atoms with van der Waals surface area (Å²) < 4.78 is 5.22. The van der Waals surface area contributed by atoms with Crippen LogP contribution in [0.3, 0.4) is 0 Å². The van der Waals surface area contributed by atoms with Gasteiger partial charge in [-0.25, -0.2) is 5.48 Å². The highest BCUT2D eigenvalue weighted by Crippen LogP contribution is 2.36. The Morgan fingerprint density at radius 1 is 1.10 bits per heavy atom. The molecule has 5 rings (SSSR count). The van der Waals surface area contributed by atoms with Crippen molar-refractivity contribution in [3.63, 3.8) is 0 Å². The molecule has 3 aromatic rings. The van der Waals surface area contributed by atoms with Crippen molar-refractivity contribution in [2.75, 3.05) is 6.61 Å². The van der Waals surface area contributed by atoms with Gasteiger partial charge in [0.05, 0.1) is 12.5 Å². The molecule has 30 heavy (non-hydrogen) atoms. The van der Waals surface area contributed by atoms with E-state index in [4.69, 9.17) is 4.74 Å². The summed E-state index contributed by atoms with van der Waals surface area (Å²) >= 11 is 0. The average Bonchev–Trinajstić information content (AvgIpc) is 2.80. The van der Waals surface area contributed by atoms with Crippen molar-refractivity contribution in [1.29, 1.82) is 0 Å². The maximum absolute atomic E-state index is 12.1. The number of esters is 1. The van der Waals surface area contributed by atoms with E-state index in [9.17, 15) is 4.79 Å². The molecule has 4 nitrogen and oxygen atoms in total. The zero-order valence-electron chi connectivity index (χ0n) is 17.5. The predicted molar refractivity (Wildman–Crippen MR) is 121 cm³/mol. The van der Waals surface area contributed by atoms with Crippen molar-refractivity contribution in [2.24, 2.45) is 5.92 Å². The third kappa shape index (κ3) is 4.04. The van der Waals surface area contributed by atoms with Crippen LogP contribution in [0.5, 0.6) is 0 Å². The molecule has 1 heterocycles. The Morgan fingerprint density at radius 2 is 1.90 bits per heavy atom. The third-order valence-corrected chi connectivity index (χ3v) is 5.78. The normalized spacial score (nSPS) is 16.8. The van der Waals surface area contributed by atoms with Crippen molar-refractivity contribution in [1.82, 2.24) is 5.48 Å². The first-order valence-electron chi connectivity index (χ1n) is 10.5. The van der Waals surface area contributed by atoms with Crippen molar-refractivity contribution < 1.29 is 14.4 Å². The number of rotatable bonds is 2. The van der Waals surface area contributed by atoms with Crippen LogP contribution in [0.1, 0.15) is 30.0 Å². The molecule has 1 atom stereocenters. The SMILES string of the molecule is C1=CNOC=C1.CCOC(=O)C1CCc2c(ccc3c2cc(C)c2ccccc23)C1. The number of fused-ring (bicyclic) bond motifs is 5. The van der Waals surface area contributed by atoms with Crippen LogP contribution < -0.4 is 5.48 Å². The molecule has 1 N–H and O–H groups in total. The van der Waals surface area contributed by atoms with E-state index in [1.807, 2.05) is 13.0 Å². The number of hydrogen-bond acceptors (Lipinski definition) is 4. The topological polar surface area (TPSA) is 47.6 Å². The van der Waals surface area contributed by atoms with E-state index in [0.29, 0.717) is 6.61 Å². The van der Waals surface area contributed by atoms with Crippen molar-refractivity contribution in [3.05, 3.63) is 83.8 Å². The van der Waals surface area contributed by atoms with Gasteiger partial charge in [-0.15, -0.1) is 0 Å². The van der Waals surface area contributed by atoms with Crippen molar-refractivity contribution >= 4 is 27.5 Å². The molecule has 0 aromatic heterocycles. The Labute approximate surface area is 177 Å². The van der Waals surface area contributed by atoms with Gasteiger partial charge in [0.2, 0.25) is 0 Å². The number of allylic oxidation sites excluding steroid dienone is 2.